The molecular weight excluding hydrogens is 276 g/mol. The second kappa shape index (κ2) is 7.07. The zero-order valence-electron chi connectivity index (χ0n) is 11.9. The average Bonchev–Trinajstić information content (AvgIpc) is 2.38. The van der Waals surface area contributed by atoms with Gasteiger partial charge in [0.2, 0.25) is 5.91 Å². The van der Waals surface area contributed by atoms with E-state index >= 15 is 0 Å². The molecule has 1 aliphatic heterocycles. The fourth-order valence-electron chi connectivity index (χ4n) is 2.50. The van der Waals surface area contributed by atoms with Crippen molar-refractivity contribution >= 4 is 23.2 Å². The minimum Gasteiger partial charge on any atom is -0.373 e. The Bertz CT molecular complexity index is 457. The Morgan fingerprint density at radius 3 is 2.65 bits per heavy atom. The molecule has 1 fully saturated rings. The van der Waals surface area contributed by atoms with Crippen molar-refractivity contribution in [2.45, 2.75) is 32.5 Å². The number of benzene rings is 1. The van der Waals surface area contributed by atoms with Crippen molar-refractivity contribution in [3.63, 3.8) is 0 Å². The first kappa shape index (κ1) is 15.3. The molecule has 1 aromatic carbocycles. The normalized spacial score (nSPS) is 23.6. The quantitative estimate of drug-likeness (QED) is 0.929. The van der Waals surface area contributed by atoms with Crippen LogP contribution in [-0.2, 0) is 9.53 Å². The Morgan fingerprint density at radius 2 is 2.00 bits per heavy atom. The minimum atomic E-state index is -0.00935. The number of hydrogen-bond acceptors (Lipinski definition) is 3. The summed E-state index contributed by atoms with van der Waals surface area (Å²) < 4.78 is 5.67. The predicted molar refractivity (Wildman–Crippen MR) is 81.1 cm³/mol. The molecule has 2 atom stereocenters. The zero-order chi connectivity index (χ0) is 14.5. The molecule has 1 N–H and O–H groups in total. The summed E-state index contributed by atoms with van der Waals surface area (Å²) in [6.45, 7) is 6.63. The largest absolute Gasteiger partial charge is 0.373 e. The van der Waals surface area contributed by atoms with E-state index in [9.17, 15) is 4.79 Å². The molecule has 1 heterocycles. The standard InChI is InChI=1S/C15H21ClN2O2/c1-11-9-18(10-12(2)20-11)8-7-15(19)17-14-6-4-3-5-13(14)16/h3-6,11-12H,7-10H2,1-2H3,(H,17,19)/t11-,12-/m1/s1. The second-order valence-corrected chi connectivity index (χ2v) is 5.70. The van der Waals surface area contributed by atoms with E-state index < -0.39 is 0 Å². The van der Waals surface area contributed by atoms with Crippen LogP contribution in [0, 0.1) is 0 Å². The maximum Gasteiger partial charge on any atom is 0.225 e. The van der Waals surface area contributed by atoms with E-state index in [0.717, 1.165) is 19.6 Å². The fraction of sp³-hybridized carbons (Fsp3) is 0.533. The van der Waals surface area contributed by atoms with Crippen LogP contribution in [0.3, 0.4) is 0 Å². The van der Waals surface area contributed by atoms with Crippen LogP contribution in [-0.4, -0.2) is 42.6 Å². The Morgan fingerprint density at radius 1 is 1.35 bits per heavy atom. The van der Waals surface area contributed by atoms with Crippen LogP contribution in [0.2, 0.25) is 5.02 Å². The van der Waals surface area contributed by atoms with Gasteiger partial charge in [0.25, 0.3) is 0 Å². The lowest BCUT2D eigenvalue weighted by Crippen LogP contribution is -2.46. The van der Waals surface area contributed by atoms with Crippen LogP contribution in [0.25, 0.3) is 0 Å². The van der Waals surface area contributed by atoms with E-state index in [2.05, 4.69) is 24.1 Å². The second-order valence-electron chi connectivity index (χ2n) is 5.29. The topological polar surface area (TPSA) is 41.6 Å². The number of amides is 1. The molecule has 110 valence electrons. The highest BCUT2D eigenvalue weighted by Gasteiger charge is 2.22. The molecule has 0 aromatic heterocycles. The first-order valence-electron chi connectivity index (χ1n) is 6.97. The molecule has 1 aromatic rings. The van der Waals surface area contributed by atoms with Gasteiger partial charge in [0.1, 0.15) is 0 Å². The summed E-state index contributed by atoms with van der Waals surface area (Å²) in [5.74, 6) is -0.00935. The summed E-state index contributed by atoms with van der Waals surface area (Å²) in [6.07, 6.45) is 0.917. The number of carbonyl (C=O) groups excluding carboxylic acids is 1. The average molecular weight is 297 g/mol. The maximum absolute atomic E-state index is 11.9. The van der Waals surface area contributed by atoms with Gasteiger partial charge in [0, 0.05) is 26.1 Å². The fourth-order valence-corrected chi connectivity index (χ4v) is 2.68. The van der Waals surface area contributed by atoms with Crippen molar-refractivity contribution in [2.24, 2.45) is 0 Å². The number of nitrogens with zero attached hydrogens (tertiary/aromatic N) is 1. The summed E-state index contributed by atoms with van der Waals surface area (Å²) in [5, 5.41) is 3.41. The molecule has 0 radical (unpaired) electrons. The van der Waals surface area contributed by atoms with Gasteiger partial charge in [-0.15, -0.1) is 0 Å². The van der Waals surface area contributed by atoms with Crippen LogP contribution < -0.4 is 5.32 Å². The van der Waals surface area contributed by atoms with Crippen LogP contribution in [0.15, 0.2) is 24.3 Å². The van der Waals surface area contributed by atoms with Gasteiger partial charge >= 0.3 is 0 Å². The van der Waals surface area contributed by atoms with E-state index in [1.807, 2.05) is 12.1 Å². The van der Waals surface area contributed by atoms with Gasteiger partial charge in [-0.05, 0) is 26.0 Å². The molecule has 1 aliphatic rings. The van der Waals surface area contributed by atoms with Crippen LogP contribution in [0.1, 0.15) is 20.3 Å². The number of carbonyl (C=O) groups is 1. The monoisotopic (exact) mass is 296 g/mol. The number of para-hydroxylation sites is 1. The highest BCUT2D eigenvalue weighted by Crippen LogP contribution is 2.20. The molecule has 5 heteroatoms. The van der Waals surface area contributed by atoms with Gasteiger partial charge in [-0.2, -0.15) is 0 Å². The van der Waals surface area contributed by atoms with Crippen molar-refractivity contribution in [1.29, 1.82) is 0 Å². The highest BCUT2D eigenvalue weighted by molar-refractivity contribution is 6.33. The highest BCUT2D eigenvalue weighted by atomic mass is 35.5. The van der Waals surface area contributed by atoms with Gasteiger partial charge < -0.3 is 10.1 Å². The molecule has 1 amide bonds. The van der Waals surface area contributed by atoms with E-state index in [0.29, 0.717) is 17.1 Å². The van der Waals surface area contributed by atoms with E-state index in [-0.39, 0.29) is 18.1 Å². The number of halogens is 1. The summed E-state index contributed by atoms with van der Waals surface area (Å²) >= 11 is 6.01. The Labute approximate surface area is 125 Å². The molecule has 20 heavy (non-hydrogen) atoms. The lowest BCUT2D eigenvalue weighted by molar-refractivity contribution is -0.117. The number of morpholine rings is 1. The lowest BCUT2D eigenvalue weighted by atomic mass is 10.2. The number of ether oxygens (including phenoxy) is 1. The number of nitrogens with one attached hydrogen (secondary N) is 1. The molecule has 0 saturated carbocycles. The number of anilines is 1. The Kier molecular flexibility index (Phi) is 5.40. The smallest absolute Gasteiger partial charge is 0.225 e. The number of hydrogen-bond donors (Lipinski definition) is 1. The molecule has 0 spiro atoms. The van der Waals surface area contributed by atoms with E-state index in [1.165, 1.54) is 0 Å². The SMILES string of the molecule is C[C@@H]1CN(CCC(=O)Nc2ccccc2Cl)C[C@@H](C)O1. The summed E-state index contributed by atoms with van der Waals surface area (Å²) in [7, 11) is 0. The molecule has 1 saturated heterocycles. The Hall–Kier alpha value is -1.10. The third kappa shape index (κ3) is 4.47. The van der Waals surface area contributed by atoms with Crippen molar-refractivity contribution in [3.05, 3.63) is 29.3 Å². The van der Waals surface area contributed by atoms with Gasteiger partial charge in [-0.25, -0.2) is 0 Å². The van der Waals surface area contributed by atoms with Crippen LogP contribution >= 0.6 is 11.6 Å². The first-order valence-corrected chi connectivity index (χ1v) is 7.34. The Balaban J connectivity index is 1.79. The van der Waals surface area contributed by atoms with Crippen molar-refractivity contribution in [1.82, 2.24) is 4.90 Å². The van der Waals surface area contributed by atoms with E-state index in [1.54, 1.807) is 12.1 Å². The van der Waals surface area contributed by atoms with Crippen molar-refractivity contribution in [2.75, 3.05) is 25.0 Å². The van der Waals surface area contributed by atoms with Gasteiger partial charge in [-0.3, -0.25) is 9.69 Å². The van der Waals surface area contributed by atoms with Gasteiger partial charge in [0.15, 0.2) is 0 Å². The molecule has 0 unspecified atom stereocenters. The molecular formula is C15H21ClN2O2. The third-order valence-electron chi connectivity index (χ3n) is 3.30. The predicted octanol–water partition coefficient (Wildman–Crippen LogP) is 2.78. The molecule has 2 rings (SSSR count). The van der Waals surface area contributed by atoms with E-state index in [4.69, 9.17) is 16.3 Å². The molecule has 0 bridgehead atoms. The molecule has 0 aliphatic carbocycles. The maximum atomic E-state index is 11.9. The summed E-state index contributed by atoms with van der Waals surface area (Å²) in [5.41, 5.74) is 0.669. The first-order chi connectivity index (χ1) is 9.54. The summed E-state index contributed by atoms with van der Waals surface area (Å²) in [4.78, 5) is 14.2. The van der Waals surface area contributed by atoms with Gasteiger partial charge in [0.05, 0.1) is 22.9 Å². The van der Waals surface area contributed by atoms with Gasteiger partial charge in [-0.1, -0.05) is 23.7 Å². The summed E-state index contributed by atoms with van der Waals surface area (Å²) in [6, 6.07) is 7.27. The van der Waals surface area contributed by atoms with Crippen molar-refractivity contribution in [3.8, 4) is 0 Å². The zero-order valence-corrected chi connectivity index (χ0v) is 12.7. The lowest BCUT2D eigenvalue weighted by Gasteiger charge is -2.35. The third-order valence-corrected chi connectivity index (χ3v) is 3.63. The minimum absolute atomic E-state index is 0.00935. The number of rotatable bonds is 4. The van der Waals surface area contributed by atoms with Crippen LogP contribution in [0.4, 0.5) is 5.69 Å². The van der Waals surface area contributed by atoms with Crippen molar-refractivity contribution < 1.29 is 9.53 Å². The molecule has 4 nitrogen and oxygen atoms in total. The van der Waals surface area contributed by atoms with Crippen LogP contribution in [0.5, 0.6) is 0 Å².